The number of Topliss-reactive ketones (excluding diaryl/α,β-unsaturated/α-hetero) is 1. The van der Waals surface area contributed by atoms with Gasteiger partial charge in [0.1, 0.15) is 17.2 Å². The van der Waals surface area contributed by atoms with Crippen LogP contribution >= 0.6 is 15.9 Å². The molecule has 6 nitrogen and oxygen atoms in total. The van der Waals surface area contributed by atoms with Crippen molar-refractivity contribution < 1.29 is 22.7 Å². The number of rotatable bonds is 6. The molecule has 4 rings (SSSR count). The van der Waals surface area contributed by atoms with Crippen LogP contribution < -0.4 is 10.1 Å². The first-order valence-corrected chi connectivity index (χ1v) is 10.3. The molecule has 2 aromatic heterocycles. The standard InChI is InChI=1S/C22H16BrF3N4O2/c1-2-20(31)19-11-14(7-8-27-19)32-13-4-6-17-18(10-13)30-21(29-17)28-16-5-3-12(23)9-15(16)22(24,25)26/h3-11H,2H2,1H3,(H2,28,29,30). The van der Waals surface area contributed by atoms with Crippen LogP contribution in [0.3, 0.4) is 0 Å². The van der Waals surface area contributed by atoms with Gasteiger partial charge in [-0.1, -0.05) is 22.9 Å². The summed E-state index contributed by atoms with van der Waals surface area (Å²) in [6, 6.07) is 12.1. The van der Waals surface area contributed by atoms with Crippen molar-refractivity contribution in [1.82, 2.24) is 15.0 Å². The van der Waals surface area contributed by atoms with Crippen molar-refractivity contribution in [3.8, 4) is 11.5 Å². The first-order valence-electron chi connectivity index (χ1n) is 9.53. The Kier molecular flexibility index (Phi) is 5.88. The number of H-pyrrole nitrogens is 1. The third kappa shape index (κ3) is 4.75. The molecule has 0 amide bonds. The van der Waals surface area contributed by atoms with Gasteiger partial charge in [0.2, 0.25) is 5.95 Å². The molecule has 2 aromatic carbocycles. The van der Waals surface area contributed by atoms with Crippen molar-refractivity contribution in [1.29, 1.82) is 0 Å². The van der Waals surface area contributed by atoms with Crippen LogP contribution in [0.2, 0.25) is 0 Å². The number of carbonyl (C=O) groups is 1. The number of hydrogen-bond acceptors (Lipinski definition) is 5. The molecular formula is C22H16BrF3N4O2. The normalized spacial score (nSPS) is 11.5. The maximum Gasteiger partial charge on any atom is 0.418 e. The third-order valence-corrected chi connectivity index (χ3v) is 5.06. The van der Waals surface area contributed by atoms with Crippen molar-refractivity contribution in [3.63, 3.8) is 0 Å². The number of ketones is 1. The summed E-state index contributed by atoms with van der Waals surface area (Å²) in [4.78, 5) is 23.1. The fraction of sp³-hybridized carbons (Fsp3) is 0.136. The summed E-state index contributed by atoms with van der Waals surface area (Å²) in [5.41, 5.74) is 0.485. The van der Waals surface area contributed by atoms with Gasteiger partial charge in [-0.3, -0.25) is 9.78 Å². The number of aromatic nitrogens is 3. The van der Waals surface area contributed by atoms with Gasteiger partial charge < -0.3 is 15.0 Å². The van der Waals surface area contributed by atoms with E-state index in [4.69, 9.17) is 4.74 Å². The minimum absolute atomic E-state index is 0.0960. The largest absolute Gasteiger partial charge is 0.457 e. The number of hydrogen-bond donors (Lipinski definition) is 2. The zero-order valence-electron chi connectivity index (χ0n) is 16.6. The van der Waals surface area contributed by atoms with Crippen LogP contribution in [-0.4, -0.2) is 20.7 Å². The molecule has 0 bridgehead atoms. The molecule has 0 aliphatic heterocycles. The Bertz CT molecular complexity index is 1300. The van der Waals surface area contributed by atoms with Gasteiger partial charge in [0.25, 0.3) is 0 Å². The van der Waals surface area contributed by atoms with Gasteiger partial charge in [-0.05, 0) is 36.4 Å². The number of anilines is 2. The van der Waals surface area contributed by atoms with E-state index in [2.05, 4.69) is 36.2 Å². The van der Waals surface area contributed by atoms with Gasteiger partial charge in [-0.25, -0.2) is 4.98 Å². The molecule has 10 heteroatoms. The molecule has 32 heavy (non-hydrogen) atoms. The van der Waals surface area contributed by atoms with E-state index >= 15 is 0 Å². The zero-order chi connectivity index (χ0) is 22.9. The lowest BCUT2D eigenvalue weighted by molar-refractivity contribution is -0.137. The summed E-state index contributed by atoms with van der Waals surface area (Å²) in [5.74, 6) is 0.971. The number of nitrogens with zero attached hydrogens (tertiary/aromatic N) is 2. The van der Waals surface area contributed by atoms with E-state index in [9.17, 15) is 18.0 Å². The van der Waals surface area contributed by atoms with Crippen molar-refractivity contribution >= 4 is 44.4 Å². The lowest BCUT2D eigenvalue weighted by atomic mass is 10.1. The predicted molar refractivity (Wildman–Crippen MR) is 117 cm³/mol. The fourth-order valence-corrected chi connectivity index (χ4v) is 3.40. The highest BCUT2D eigenvalue weighted by Crippen LogP contribution is 2.37. The van der Waals surface area contributed by atoms with Crippen LogP contribution in [0.5, 0.6) is 11.5 Å². The summed E-state index contributed by atoms with van der Waals surface area (Å²) in [7, 11) is 0. The average Bonchev–Trinajstić information content (AvgIpc) is 3.15. The Morgan fingerprint density at radius 2 is 1.91 bits per heavy atom. The van der Waals surface area contributed by atoms with E-state index < -0.39 is 11.7 Å². The minimum atomic E-state index is -4.53. The average molecular weight is 505 g/mol. The number of benzene rings is 2. The van der Waals surface area contributed by atoms with Crippen molar-refractivity contribution in [2.45, 2.75) is 19.5 Å². The van der Waals surface area contributed by atoms with E-state index in [1.807, 2.05) is 0 Å². The highest BCUT2D eigenvalue weighted by atomic mass is 79.9. The fourth-order valence-electron chi connectivity index (χ4n) is 3.04. The first kappa shape index (κ1) is 21.8. The van der Waals surface area contributed by atoms with Crippen LogP contribution in [0.15, 0.2) is 59.2 Å². The minimum Gasteiger partial charge on any atom is -0.457 e. The van der Waals surface area contributed by atoms with Crippen molar-refractivity contribution in [2.24, 2.45) is 0 Å². The summed E-state index contributed by atoms with van der Waals surface area (Å²) < 4.78 is 46.2. The van der Waals surface area contributed by atoms with Crippen molar-refractivity contribution in [3.05, 3.63) is 70.5 Å². The Hall–Kier alpha value is -3.40. The highest BCUT2D eigenvalue weighted by molar-refractivity contribution is 9.10. The molecule has 164 valence electrons. The molecule has 0 aliphatic carbocycles. The van der Waals surface area contributed by atoms with Gasteiger partial charge in [0.15, 0.2) is 5.78 Å². The summed E-state index contributed by atoms with van der Waals surface area (Å²) in [6.07, 6.45) is -2.70. The molecule has 0 aliphatic rings. The number of imidazole rings is 1. The maximum atomic E-state index is 13.4. The number of alkyl halides is 3. The summed E-state index contributed by atoms with van der Waals surface area (Å²) in [6.45, 7) is 1.75. The van der Waals surface area contributed by atoms with Gasteiger partial charge in [-0.15, -0.1) is 0 Å². The van der Waals surface area contributed by atoms with E-state index in [-0.39, 0.29) is 17.4 Å². The molecule has 0 unspecified atom stereocenters. The Labute approximate surface area is 189 Å². The Balaban J connectivity index is 1.59. The molecule has 2 heterocycles. The quantitative estimate of drug-likeness (QED) is 0.280. The molecule has 4 aromatic rings. The van der Waals surface area contributed by atoms with Crippen LogP contribution in [-0.2, 0) is 6.18 Å². The first-order chi connectivity index (χ1) is 15.2. The maximum absolute atomic E-state index is 13.4. The molecule has 0 spiro atoms. The third-order valence-electron chi connectivity index (χ3n) is 4.57. The zero-order valence-corrected chi connectivity index (χ0v) is 18.2. The molecule has 0 fully saturated rings. The highest BCUT2D eigenvalue weighted by Gasteiger charge is 2.34. The molecule has 0 saturated carbocycles. The van der Waals surface area contributed by atoms with Crippen molar-refractivity contribution in [2.75, 3.05) is 5.32 Å². The van der Waals surface area contributed by atoms with E-state index in [0.29, 0.717) is 39.1 Å². The number of carbonyl (C=O) groups excluding carboxylic acids is 1. The molecule has 2 N–H and O–H groups in total. The second-order valence-corrected chi connectivity index (χ2v) is 7.75. The van der Waals surface area contributed by atoms with E-state index in [1.54, 1.807) is 37.3 Å². The smallest absolute Gasteiger partial charge is 0.418 e. The summed E-state index contributed by atoms with van der Waals surface area (Å²) >= 11 is 3.07. The van der Waals surface area contributed by atoms with Gasteiger partial charge in [0, 0.05) is 29.2 Å². The SMILES string of the molecule is CCC(=O)c1cc(Oc2ccc3nc(Nc4ccc(Br)cc4C(F)(F)F)[nH]c3c2)ccn1. The molecule has 0 atom stereocenters. The topological polar surface area (TPSA) is 79.9 Å². The summed E-state index contributed by atoms with van der Waals surface area (Å²) in [5, 5.41) is 2.70. The van der Waals surface area contributed by atoms with Gasteiger partial charge in [0.05, 0.1) is 22.3 Å². The van der Waals surface area contributed by atoms with E-state index in [0.717, 1.165) is 6.07 Å². The number of fused-ring (bicyclic) bond motifs is 1. The van der Waals surface area contributed by atoms with Gasteiger partial charge in [-0.2, -0.15) is 13.2 Å². The number of ether oxygens (including phenoxy) is 1. The molecule has 0 radical (unpaired) electrons. The number of pyridine rings is 1. The second-order valence-electron chi connectivity index (χ2n) is 6.83. The Morgan fingerprint density at radius 3 is 2.66 bits per heavy atom. The van der Waals surface area contributed by atoms with E-state index in [1.165, 1.54) is 18.3 Å². The number of aromatic amines is 1. The second kappa shape index (κ2) is 8.62. The predicted octanol–water partition coefficient (Wildman–Crippen LogP) is 6.87. The van der Waals surface area contributed by atoms with Crippen LogP contribution in [0.25, 0.3) is 11.0 Å². The number of halogens is 4. The monoisotopic (exact) mass is 504 g/mol. The van der Waals surface area contributed by atoms with Crippen LogP contribution in [0, 0.1) is 0 Å². The molecule has 0 saturated heterocycles. The van der Waals surface area contributed by atoms with Crippen LogP contribution in [0.4, 0.5) is 24.8 Å². The number of nitrogens with one attached hydrogen (secondary N) is 2. The van der Waals surface area contributed by atoms with Gasteiger partial charge >= 0.3 is 6.18 Å². The van der Waals surface area contributed by atoms with Crippen LogP contribution in [0.1, 0.15) is 29.4 Å². The lowest BCUT2D eigenvalue weighted by Gasteiger charge is -2.13. The molecular weight excluding hydrogens is 489 g/mol. The Morgan fingerprint density at radius 1 is 1.12 bits per heavy atom. The lowest BCUT2D eigenvalue weighted by Crippen LogP contribution is -2.09.